The van der Waals surface area contributed by atoms with Gasteiger partial charge in [0.2, 0.25) is 0 Å². The lowest BCUT2D eigenvalue weighted by molar-refractivity contribution is 0.250. The molecule has 0 radical (unpaired) electrons. The van der Waals surface area contributed by atoms with Gasteiger partial charge in [0.15, 0.2) is 6.61 Å². The molecule has 29 heavy (non-hydrogen) atoms. The summed E-state index contributed by atoms with van der Waals surface area (Å²) in [6, 6.07) is 12.4. The monoisotopic (exact) mass is 427 g/mol. The molecule has 0 saturated heterocycles. The van der Waals surface area contributed by atoms with Crippen molar-refractivity contribution in [3.05, 3.63) is 76.4 Å². The Hall–Kier alpha value is -2.71. The van der Waals surface area contributed by atoms with Crippen molar-refractivity contribution in [2.24, 2.45) is 0 Å². The quantitative estimate of drug-likeness (QED) is 0.346. The van der Waals surface area contributed by atoms with Crippen LogP contribution in [-0.2, 0) is 12.4 Å². The van der Waals surface area contributed by atoms with Gasteiger partial charge in [-0.2, -0.15) is 0 Å². The van der Waals surface area contributed by atoms with Gasteiger partial charge in [-0.25, -0.2) is 9.37 Å². The van der Waals surface area contributed by atoms with Crippen molar-refractivity contribution < 1.29 is 13.5 Å². The molecule has 2 aromatic heterocycles. The zero-order chi connectivity index (χ0) is 20.2. The molecule has 5 nitrogen and oxygen atoms in total. The van der Waals surface area contributed by atoms with Crippen molar-refractivity contribution in [2.45, 2.75) is 31.4 Å². The molecule has 2 heterocycles. The number of thioether (sulfide) groups is 1. The first kappa shape index (κ1) is 19.6. The number of aryl methyl sites for hydroxylation is 2. The van der Waals surface area contributed by atoms with E-state index in [0.29, 0.717) is 16.9 Å². The lowest BCUT2D eigenvalue weighted by atomic mass is 10.1. The molecule has 0 aliphatic rings. The Morgan fingerprint density at radius 3 is 2.76 bits per heavy atom. The van der Waals surface area contributed by atoms with Crippen molar-refractivity contribution in [2.75, 3.05) is 0 Å². The molecule has 0 amide bonds. The number of hydrogen-bond acceptors (Lipinski definition) is 7. The van der Waals surface area contributed by atoms with Gasteiger partial charge in [0, 0.05) is 16.7 Å². The molecule has 0 saturated carbocycles. The summed E-state index contributed by atoms with van der Waals surface area (Å²) in [5.41, 5.74) is 4.00. The van der Waals surface area contributed by atoms with E-state index in [1.165, 1.54) is 35.2 Å². The van der Waals surface area contributed by atoms with E-state index in [1.807, 2.05) is 37.4 Å². The Balaban J connectivity index is 1.33. The molecule has 0 atom stereocenters. The molecule has 0 spiro atoms. The van der Waals surface area contributed by atoms with Gasteiger partial charge < -0.3 is 9.15 Å². The summed E-state index contributed by atoms with van der Waals surface area (Å²) in [5.74, 6) is 1.60. The van der Waals surface area contributed by atoms with E-state index in [9.17, 15) is 4.39 Å². The molecule has 0 N–H and O–H groups in total. The highest BCUT2D eigenvalue weighted by molar-refractivity contribution is 7.98. The first-order chi connectivity index (χ1) is 14.1. The zero-order valence-corrected chi connectivity index (χ0v) is 17.5. The van der Waals surface area contributed by atoms with Crippen LogP contribution in [0.5, 0.6) is 5.75 Å². The predicted molar refractivity (Wildman–Crippen MR) is 112 cm³/mol. The van der Waals surface area contributed by atoms with Gasteiger partial charge in [0.1, 0.15) is 16.6 Å². The highest BCUT2D eigenvalue weighted by atomic mass is 32.2. The van der Waals surface area contributed by atoms with E-state index < -0.39 is 0 Å². The van der Waals surface area contributed by atoms with Crippen LogP contribution in [0.15, 0.2) is 57.5 Å². The van der Waals surface area contributed by atoms with Gasteiger partial charge in [-0.05, 0) is 55.3 Å². The Labute approximate surface area is 176 Å². The molecular formula is C21H18FN3O2S2. The molecule has 0 unspecified atom stereocenters. The van der Waals surface area contributed by atoms with E-state index in [4.69, 9.17) is 9.15 Å². The molecule has 0 aliphatic heterocycles. The van der Waals surface area contributed by atoms with E-state index in [2.05, 4.69) is 15.2 Å². The summed E-state index contributed by atoms with van der Waals surface area (Å²) in [4.78, 5) is 4.59. The van der Waals surface area contributed by atoms with Gasteiger partial charge in [-0.15, -0.1) is 21.5 Å². The number of thiazole rings is 1. The Morgan fingerprint density at radius 2 is 1.93 bits per heavy atom. The van der Waals surface area contributed by atoms with E-state index in [0.717, 1.165) is 33.1 Å². The van der Waals surface area contributed by atoms with Crippen LogP contribution in [0.25, 0.3) is 10.6 Å². The van der Waals surface area contributed by atoms with Gasteiger partial charge in [0.25, 0.3) is 11.1 Å². The first-order valence-corrected chi connectivity index (χ1v) is 10.8. The fraction of sp³-hybridized carbons (Fsp3) is 0.190. The zero-order valence-electron chi connectivity index (χ0n) is 15.9. The minimum absolute atomic E-state index is 0.225. The average molecular weight is 428 g/mol. The van der Waals surface area contributed by atoms with Crippen LogP contribution in [0, 0.1) is 19.7 Å². The fourth-order valence-corrected chi connectivity index (χ4v) is 4.20. The molecular weight excluding hydrogens is 409 g/mol. The smallest absolute Gasteiger partial charge is 0.277 e. The summed E-state index contributed by atoms with van der Waals surface area (Å²) in [5, 5.41) is 11.4. The van der Waals surface area contributed by atoms with Crippen molar-refractivity contribution in [3.63, 3.8) is 0 Å². The van der Waals surface area contributed by atoms with Crippen LogP contribution < -0.4 is 4.74 Å². The maximum absolute atomic E-state index is 13.1. The fourth-order valence-electron chi connectivity index (χ4n) is 2.59. The number of rotatable bonds is 7. The third kappa shape index (κ3) is 5.02. The number of benzene rings is 2. The number of nitrogens with zero attached hydrogens (tertiary/aromatic N) is 3. The molecule has 4 aromatic rings. The molecule has 4 rings (SSSR count). The largest absolute Gasteiger partial charge is 0.484 e. The van der Waals surface area contributed by atoms with Crippen LogP contribution in [0.4, 0.5) is 4.39 Å². The third-order valence-electron chi connectivity index (χ3n) is 4.13. The minimum atomic E-state index is -0.255. The van der Waals surface area contributed by atoms with Crippen molar-refractivity contribution >= 4 is 23.1 Å². The van der Waals surface area contributed by atoms with Crippen molar-refractivity contribution in [3.8, 4) is 16.3 Å². The second-order valence-electron chi connectivity index (χ2n) is 6.46. The second kappa shape index (κ2) is 8.75. The van der Waals surface area contributed by atoms with E-state index in [-0.39, 0.29) is 12.4 Å². The van der Waals surface area contributed by atoms with Crippen LogP contribution in [-0.4, -0.2) is 15.2 Å². The lowest BCUT2D eigenvalue weighted by Crippen LogP contribution is -1.97. The predicted octanol–water partition coefficient (Wildman–Crippen LogP) is 5.82. The third-order valence-corrected chi connectivity index (χ3v) is 5.92. The summed E-state index contributed by atoms with van der Waals surface area (Å²) in [6.07, 6.45) is 0. The van der Waals surface area contributed by atoms with Crippen LogP contribution in [0.2, 0.25) is 0 Å². The highest BCUT2D eigenvalue weighted by Gasteiger charge is 2.11. The SMILES string of the molecule is Cc1ccc(C)c(OCc2nnc(SCc3csc(-c4ccc(F)cc4)n3)o2)c1. The summed E-state index contributed by atoms with van der Waals surface area (Å²) in [6.45, 7) is 4.24. The minimum Gasteiger partial charge on any atom is -0.484 e. The van der Waals surface area contributed by atoms with Crippen LogP contribution >= 0.6 is 23.1 Å². The van der Waals surface area contributed by atoms with Gasteiger partial charge >= 0.3 is 0 Å². The van der Waals surface area contributed by atoms with E-state index >= 15 is 0 Å². The topological polar surface area (TPSA) is 61.0 Å². The van der Waals surface area contributed by atoms with Crippen molar-refractivity contribution in [1.29, 1.82) is 0 Å². The van der Waals surface area contributed by atoms with Gasteiger partial charge in [0.05, 0.1) is 5.69 Å². The number of hydrogen-bond donors (Lipinski definition) is 0. The van der Waals surface area contributed by atoms with Gasteiger partial charge in [-0.3, -0.25) is 0 Å². The average Bonchev–Trinajstić information content (AvgIpc) is 3.37. The normalized spacial score (nSPS) is 11.0. The first-order valence-electron chi connectivity index (χ1n) is 8.92. The number of ether oxygens (including phenoxy) is 1. The lowest BCUT2D eigenvalue weighted by Gasteiger charge is -2.07. The molecule has 2 aromatic carbocycles. The second-order valence-corrected chi connectivity index (χ2v) is 8.24. The summed E-state index contributed by atoms with van der Waals surface area (Å²) in [7, 11) is 0. The standard InChI is InChI=1S/C21H18FN3O2S2/c1-13-3-4-14(2)18(9-13)26-10-19-24-25-21(27-19)29-12-17-11-28-20(23-17)15-5-7-16(22)8-6-15/h3-9,11H,10,12H2,1-2H3. The maximum atomic E-state index is 13.1. The Kier molecular flexibility index (Phi) is 5.92. The van der Waals surface area contributed by atoms with Crippen LogP contribution in [0.3, 0.4) is 0 Å². The molecule has 8 heteroatoms. The van der Waals surface area contributed by atoms with Crippen LogP contribution in [0.1, 0.15) is 22.7 Å². The van der Waals surface area contributed by atoms with Gasteiger partial charge in [-0.1, -0.05) is 23.9 Å². The molecule has 0 aliphatic carbocycles. The summed E-state index contributed by atoms with van der Waals surface area (Å²) >= 11 is 2.94. The number of aromatic nitrogens is 3. The molecule has 0 bridgehead atoms. The highest BCUT2D eigenvalue weighted by Crippen LogP contribution is 2.28. The Morgan fingerprint density at radius 1 is 1.10 bits per heavy atom. The van der Waals surface area contributed by atoms with Crippen molar-refractivity contribution in [1.82, 2.24) is 15.2 Å². The molecule has 148 valence electrons. The number of halogens is 1. The van der Waals surface area contributed by atoms with E-state index in [1.54, 1.807) is 12.1 Å². The summed E-state index contributed by atoms with van der Waals surface area (Å²) < 4.78 is 24.5. The molecule has 0 fully saturated rings. The maximum Gasteiger partial charge on any atom is 0.277 e. The Bertz CT molecular complexity index is 1110.